The fourth-order valence-electron chi connectivity index (χ4n) is 3.68. The highest BCUT2D eigenvalue weighted by atomic mass is 16.5. The summed E-state index contributed by atoms with van der Waals surface area (Å²) in [6.45, 7) is 7.47. The van der Waals surface area contributed by atoms with Gasteiger partial charge in [0.15, 0.2) is 11.8 Å². The van der Waals surface area contributed by atoms with Crippen molar-refractivity contribution in [3.8, 4) is 11.6 Å². The summed E-state index contributed by atoms with van der Waals surface area (Å²) in [4.78, 5) is 9.14. The summed E-state index contributed by atoms with van der Waals surface area (Å²) >= 11 is 0. The van der Waals surface area contributed by atoms with Crippen molar-refractivity contribution >= 4 is 5.96 Å². The highest BCUT2D eigenvalue weighted by Gasteiger charge is 2.17. The molecule has 1 unspecified atom stereocenters. The molecule has 3 aromatic rings. The van der Waals surface area contributed by atoms with Crippen molar-refractivity contribution in [1.82, 2.24) is 25.4 Å². The molecule has 33 heavy (non-hydrogen) atoms. The molecule has 1 aromatic carbocycles. The van der Waals surface area contributed by atoms with Gasteiger partial charge in [-0.05, 0) is 62.1 Å². The fraction of sp³-hybridized carbons (Fsp3) is 0.400. The second-order valence-corrected chi connectivity index (χ2v) is 8.08. The molecule has 0 amide bonds. The molecule has 0 radical (unpaired) electrons. The Bertz CT molecular complexity index is 1040. The predicted octanol–water partition coefficient (Wildman–Crippen LogP) is 3.39. The number of nitrogens with one attached hydrogen (secondary N) is 2. The van der Waals surface area contributed by atoms with Gasteiger partial charge >= 0.3 is 0 Å². The highest BCUT2D eigenvalue weighted by Crippen LogP contribution is 2.22. The van der Waals surface area contributed by atoms with Gasteiger partial charge in [0.25, 0.3) is 0 Å². The van der Waals surface area contributed by atoms with Crippen molar-refractivity contribution in [1.29, 1.82) is 0 Å². The van der Waals surface area contributed by atoms with Crippen molar-refractivity contribution in [3.63, 3.8) is 0 Å². The minimum Gasteiger partial charge on any atom is -0.491 e. The maximum atomic E-state index is 6.13. The number of aliphatic imine (C=N–C) groups is 1. The monoisotopic (exact) mass is 448 g/mol. The van der Waals surface area contributed by atoms with E-state index in [4.69, 9.17) is 14.5 Å². The van der Waals surface area contributed by atoms with Crippen LogP contribution in [-0.2, 0) is 17.8 Å². The van der Waals surface area contributed by atoms with Crippen molar-refractivity contribution in [2.75, 3.05) is 19.8 Å². The Hall–Kier alpha value is -3.39. The molecule has 1 aliphatic heterocycles. The van der Waals surface area contributed by atoms with E-state index < -0.39 is 0 Å². The van der Waals surface area contributed by atoms with Crippen LogP contribution in [0.4, 0.5) is 0 Å². The highest BCUT2D eigenvalue weighted by molar-refractivity contribution is 5.79. The second kappa shape index (κ2) is 11.5. The summed E-state index contributed by atoms with van der Waals surface area (Å²) in [5.41, 5.74) is 3.32. The van der Waals surface area contributed by atoms with E-state index in [1.54, 1.807) is 17.1 Å². The summed E-state index contributed by atoms with van der Waals surface area (Å²) < 4.78 is 13.6. The zero-order valence-corrected chi connectivity index (χ0v) is 19.3. The van der Waals surface area contributed by atoms with Gasteiger partial charge in [-0.2, -0.15) is 5.10 Å². The van der Waals surface area contributed by atoms with Crippen LogP contribution in [0.25, 0.3) is 5.82 Å². The number of nitrogens with zero attached hydrogens (tertiary/aromatic N) is 4. The van der Waals surface area contributed by atoms with Gasteiger partial charge in [0.1, 0.15) is 12.4 Å². The summed E-state index contributed by atoms with van der Waals surface area (Å²) in [5, 5.41) is 11.0. The molecule has 4 rings (SSSR count). The number of aryl methyl sites for hydroxylation is 1. The van der Waals surface area contributed by atoms with E-state index >= 15 is 0 Å². The molecule has 0 bridgehead atoms. The van der Waals surface area contributed by atoms with Crippen LogP contribution in [0.1, 0.15) is 36.5 Å². The van der Waals surface area contributed by atoms with Crippen LogP contribution in [0.5, 0.6) is 5.75 Å². The van der Waals surface area contributed by atoms with E-state index in [1.165, 1.54) is 5.56 Å². The first-order chi connectivity index (χ1) is 16.2. The number of guanidine groups is 1. The Morgan fingerprint density at radius 1 is 1.24 bits per heavy atom. The van der Waals surface area contributed by atoms with Crippen LogP contribution >= 0.6 is 0 Å². The SMILES string of the molecule is CCNC(=NCc1ccnc(-n2cccn2)c1)NCc1ccc(C)cc1OCC1CCCO1. The Kier molecular flexibility index (Phi) is 7.92. The molecule has 1 saturated heterocycles. The second-order valence-electron chi connectivity index (χ2n) is 8.08. The van der Waals surface area contributed by atoms with Crippen molar-refractivity contribution < 1.29 is 9.47 Å². The topological polar surface area (TPSA) is 85.6 Å². The molecule has 8 nitrogen and oxygen atoms in total. The average Bonchev–Trinajstić information content (AvgIpc) is 3.55. The van der Waals surface area contributed by atoms with E-state index in [-0.39, 0.29) is 6.10 Å². The minimum atomic E-state index is 0.192. The van der Waals surface area contributed by atoms with E-state index in [0.717, 1.165) is 54.6 Å². The van der Waals surface area contributed by atoms with Crippen LogP contribution < -0.4 is 15.4 Å². The maximum Gasteiger partial charge on any atom is 0.191 e. The number of hydrogen-bond acceptors (Lipinski definition) is 5. The average molecular weight is 449 g/mol. The molecule has 8 heteroatoms. The first kappa shape index (κ1) is 22.8. The fourth-order valence-corrected chi connectivity index (χ4v) is 3.68. The first-order valence-corrected chi connectivity index (χ1v) is 11.5. The van der Waals surface area contributed by atoms with Gasteiger partial charge < -0.3 is 20.1 Å². The zero-order chi connectivity index (χ0) is 22.9. The molecule has 3 heterocycles. The zero-order valence-electron chi connectivity index (χ0n) is 19.3. The van der Waals surface area contributed by atoms with Gasteiger partial charge in [0, 0.05) is 43.9 Å². The lowest BCUT2D eigenvalue weighted by Gasteiger charge is -2.17. The van der Waals surface area contributed by atoms with Gasteiger partial charge in [0.2, 0.25) is 0 Å². The summed E-state index contributed by atoms with van der Waals surface area (Å²) in [6.07, 6.45) is 7.77. The Labute approximate surface area is 195 Å². The van der Waals surface area contributed by atoms with E-state index in [9.17, 15) is 0 Å². The van der Waals surface area contributed by atoms with Crippen LogP contribution in [0, 0.1) is 6.92 Å². The minimum absolute atomic E-state index is 0.192. The van der Waals surface area contributed by atoms with Crippen LogP contribution in [0.15, 0.2) is 60.0 Å². The van der Waals surface area contributed by atoms with E-state index in [1.807, 2.05) is 24.4 Å². The largest absolute Gasteiger partial charge is 0.491 e. The van der Waals surface area contributed by atoms with Crippen LogP contribution in [0.2, 0.25) is 0 Å². The third-order valence-corrected chi connectivity index (χ3v) is 5.43. The van der Waals surface area contributed by atoms with Gasteiger partial charge in [-0.25, -0.2) is 14.7 Å². The normalized spacial score (nSPS) is 16.1. The number of benzene rings is 1. The first-order valence-electron chi connectivity index (χ1n) is 11.5. The molecule has 2 N–H and O–H groups in total. The van der Waals surface area contributed by atoms with Gasteiger partial charge in [-0.3, -0.25) is 0 Å². The molecule has 174 valence electrons. The molecule has 1 fully saturated rings. The maximum absolute atomic E-state index is 6.13. The molecule has 1 atom stereocenters. The Morgan fingerprint density at radius 2 is 2.18 bits per heavy atom. The molecule has 1 aliphatic rings. The summed E-state index contributed by atoms with van der Waals surface area (Å²) in [7, 11) is 0. The third kappa shape index (κ3) is 6.55. The molecular formula is C25H32N6O2. The predicted molar refractivity (Wildman–Crippen MR) is 129 cm³/mol. The van der Waals surface area contributed by atoms with Crippen LogP contribution in [0.3, 0.4) is 0 Å². The molecule has 0 spiro atoms. The quantitative estimate of drug-likeness (QED) is 0.386. The number of hydrogen-bond donors (Lipinski definition) is 2. The lowest BCUT2D eigenvalue weighted by Crippen LogP contribution is -2.37. The van der Waals surface area contributed by atoms with E-state index in [2.05, 4.69) is 52.8 Å². The van der Waals surface area contributed by atoms with Gasteiger partial charge in [-0.15, -0.1) is 0 Å². The number of ether oxygens (including phenoxy) is 2. The van der Waals surface area contributed by atoms with Crippen LogP contribution in [-0.4, -0.2) is 46.6 Å². The summed E-state index contributed by atoms with van der Waals surface area (Å²) in [6, 6.07) is 12.1. The lowest BCUT2D eigenvalue weighted by atomic mass is 10.1. The van der Waals surface area contributed by atoms with Crippen molar-refractivity contribution in [2.24, 2.45) is 4.99 Å². The standard InChI is InChI=1S/C25H32N6O2/c1-3-26-25(28-16-20-9-11-27-24(15-20)31-12-5-10-30-31)29-17-21-8-7-19(2)14-23(21)33-18-22-6-4-13-32-22/h5,7-12,14-15,22H,3-4,6,13,16-18H2,1-2H3,(H2,26,28,29). The molecule has 2 aromatic heterocycles. The van der Waals surface area contributed by atoms with Gasteiger partial charge in [-0.1, -0.05) is 12.1 Å². The molecule has 0 aliphatic carbocycles. The third-order valence-electron chi connectivity index (χ3n) is 5.43. The number of pyridine rings is 1. The number of aromatic nitrogens is 3. The number of rotatable bonds is 9. The lowest BCUT2D eigenvalue weighted by molar-refractivity contribution is 0.0676. The van der Waals surface area contributed by atoms with Gasteiger partial charge in [0.05, 0.1) is 12.6 Å². The summed E-state index contributed by atoms with van der Waals surface area (Å²) in [5.74, 6) is 2.42. The van der Waals surface area contributed by atoms with Crippen molar-refractivity contribution in [2.45, 2.75) is 45.9 Å². The molecular weight excluding hydrogens is 416 g/mol. The Morgan fingerprint density at radius 3 is 2.97 bits per heavy atom. The smallest absolute Gasteiger partial charge is 0.191 e. The van der Waals surface area contributed by atoms with Crippen molar-refractivity contribution in [3.05, 3.63) is 71.7 Å². The Balaban J connectivity index is 1.40. The molecule has 0 saturated carbocycles. The van der Waals surface area contributed by atoms with E-state index in [0.29, 0.717) is 19.7 Å².